The maximum Gasteiger partial charge on any atom is 0.328 e. The number of carboxylic acid groups (broad SMARTS) is 1. The topological polar surface area (TPSA) is 86.6 Å². The summed E-state index contributed by atoms with van der Waals surface area (Å²) in [6.07, 6.45) is 3.11. The third kappa shape index (κ3) is 2.48. The van der Waals surface area contributed by atoms with Gasteiger partial charge in [0.05, 0.1) is 11.5 Å². The predicted octanol–water partition coefficient (Wildman–Crippen LogP) is 0.412. The van der Waals surface area contributed by atoms with E-state index in [1.807, 2.05) is 6.07 Å². The number of carbonyl (C=O) groups is 2. The lowest BCUT2D eigenvalue weighted by Crippen LogP contribution is -2.43. The van der Waals surface area contributed by atoms with Crippen LogP contribution in [0.1, 0.15) is 26.5 Å². The maximum atomic E-state index is 11.7. The highest BCUT2D eigenvalue weighted by Crippen LogP contribution is 2.30. The number of rotatable bonds is 4. The van der Waals surface area contributed by atoms with Gasteiger partial charge in [0.25, 0.3) is 5.91 Å². The number of aliphatic carboxylic acids is 1. The van der Waals surface area contributed by atoms with Crippen LogP contribution in [0.25, 0.3) is 0 Å². The van der Waals surface area contributed by atoms with Crippen molar-refractivity contribution in [2.24, 2.45) is 0 Å². The number of thiophene rings is 1. The molecule has 0 unspecified atom stereocenters. The number of fused-ring (bicyclic) bond motifs is 1. The smallest absolute Gasteiger partial charge is 0.328 e. The number of aliphatic hydroxyl groups excluding tert-OH is 1. The van der Waals surface area contributed by atoms with Crippen LogP contribution in [0.15, 0.2) is 6.07 Å². The van der Waals surface area contributed by atoms with Gasteiger partial charge in [-0.1, -0.05) is 0 Å². The number of hydrogen-bond donors (Lipinski definition) is 3. The summed E-state index contributed by atoms with van der Waals surface area (Å²) in [6, 6.07) is 0.581. The van der Waals surface area contributed by atoms with E-state index in [9.17, 15) is 9.59 Å². The molecule has 1 aliphatic carbocycles. The molecule has 0 radical (unpaired) electrons. The van der Waals surface area contributed by atoms with Crippen molar-refractivity contribution in [1.29, 1.82) is 0 Å². The van der Waals surface area contributed by atoms with Crippen LogP contribution in [-0.4, -0.2) is 34.7 Å². The SMILES string of the molecule is O=C(N[C@H](CO)C(=O)O)c1cc2c(s1)CCC2. The third-order valence-electron chi connectivity index (χ3n) is 2.76. The number of aryl methyl sites for hydroxylation is 2. The van der Waals surface area contributed by atoms with Gasteiger partial charge in [0, 0.05) is 4.88 Å². The Labute approximate surface area is 102 Å². The second kappa shape index (κ2) is 4.85. The highest BCUT2D eigenvalue weighted by molar-refractivity contribution is 7.14. The van der Waals surface area contributed by atoms with Crippen LogP contribution >= 0.6 is 11.3 Å². The summed E-state index contributed by atoms with van der Waals surface area (Å²) in [7, 11) is 0. The molecule has 0 spiro atoms. The summed E-state index contributed by atoms with van der Waals surface area (Å²) in [5, 5.41) is 19.8. The van der Waals surface area contributed by atoms with Gasteiger partial charge in [-0.3, -0.25) is 4.79 Å². The van der Waals surface area contributed by atoms with Crippen LogP contribution < -0.4 is 5.32 Å². The monoisotopic (exact) mass is 255 g/mol. The normalized spacial score (nSPS) is 15.4. The first-order valence-corrected chi connectivity index (χ1v) is 6.19. The molecule has 1 atom stereocenters. The van der Waals surface area contributed by atoms with E-state index in [1.54, 1.807) is 0 Å². The molecule has 1 aliphatic rings. The average molecular weight is 255 g/mol. The molecule has 1 aromatic rings. The van der Waals surface area contributed by atoms with E-state index in [0.717, 1.165) is 19.3 Å². The quantitative estimate of drug-likeness (QED) is 0.727. The number of aliphatic hydroxyl groups is 1. The zero-order chi connectivity index (χ0) is 12.4. The summed E-state index contributed by atoms with van der Waals surface area (Å²) >= 11 is 1.41. The van der Waals surface area contributed by atoms with Crippen molar-refractivity contribution in [1.82, 2.24) is 5.32 Å². The molecule has 1 amide bonds. The zero-order valence-electron chi connectivity index (χ0n) is 9.10. The fourth-order valence-electron chi connectivity index (χ4n) is 1.86. The summed E-state index contributed by atoms with van der Waals surface area (Å²) in [6.45, 7) is -0.605. The minimum Gasteiger partial charge on any atom is -0.480 e. The molecule has 1 aromatic heterocycles. The molecule has 0 saturated heterocycles. The van der Waals surface area contributed by atoms with Crippen LogP contribution in [0, 0.1) is 0 Å². The Hall–Kier alpha value is -1.40. The van der Waals surface area contributed by atoms with Gasteiger partial charge < -0.3 is 15.5 Å². The van der Waals surface area contributed by atoms with Gasteiger partial charge in [0.15, 0.2) is 6.04 Å². The van der Waals surface area contributed by atoms with E-state index in [2.05, 4.69) is 5.32 Å². The molecule has 0 aliphatic heterocycles. The average Bonchev–Trinajstić information content (AvgIpc) is 2.84. The van der Waals surface area contributed by atoms with E-state index >= 15 is 0 Å². The molecule has 0 bridgehead atoms. The summed E-state index contributed by atoms with van der Waals surface area (Å²) in [5.41, 5.74) is 1.19. The van der Waals surface area contributed by atoms with Crippen molar-refractivity contribution in [2.75, 3.05) is 6.61 Å². The Morgan fingerprint density at radius 1 is 1.47 bits per heavy atom. The van der Waals surface area contributed by atoms with E-state index in [-0.39, 0.29) is 0 Å². The second-order valence-corrected chi connectivity index (χ2v) is 5.10. The third-order valence-corrected chi connectivity index (χ3v) is 3.99. The highest BCUT2D eigenvalue weighted by atomic mass is 32.1. The van der Waals surface area contributed by atoms with Gasteiger partial charge in [0.1, 0.15) is 0 Å². The van der Waals surface area contributed by atoms with Crippen LogP contribution in [0.2, 0.25) is 0 Å². The van der Waals surface area contributed by atoms with Crippen LogP contribution in [0.3, 0.4) is 0 Å². The molecule has 5 nitrogen and oxygen atoms in total. The Balaban J connectivity index is 2.06. The van der Waals surface area contributed by atoms with E-state index in [1.165, 1.54) is 21.8 Å². The highest BCUT2D eigenvalue weighted by Gasteiger charge is 2.23. The van der Waals surface area contributed by atoms with Crippen LogP contribution in [0.5, 0.6) is 0 Å². The van der Waals surface area contributed by atoms with Crippen LogP contribution in [0.4, 0.5) is 0 Å². The molecule has 3 N–H and O–H groups in total. The van der Waals surface area contributed by atoms with Gasteiger partial charge in [0.2, 0.25) is 0 Å². The summed E-state index contributed by atoms with van der Waals surface area (Å²) in [5.74, 6) is -1.66. The number of hydrogen-bond acceptors (Lipinski definition) is 4. The second-order valence-electron chi connectivity index (χ2n) is 3.96. The molecular weight excluding hydrogens is 242 g/mol. The number of carboxylic acids is 1. The predicted molar refractivity (Wildman–Crippen MR) is 62.3 cm³/mol. The Morgan fingerprint density at radius 2 is 2.24 bits per heavy atom. The van der Waals surface area contributed by atoms with Gasteiger partial charge in [-0.2, -0.15) is 0 Å². The van der Waals surface area contributed by atoms with Gasteiger partial charge in [-0.25, -0.2) is 4.79 Å². The number of carbonyl (C=O) groups excluding carboxylic acids is 1. The van der Waals surface area contributed by atoms with Gasteiger partial charge >= 0.3 is 5.97 Å². The molecule has 0 saturated carbocycles. The number of amides is 1. The van der Waals surface area contributed by atoms with Crippen molar-refractivity contribution in [2.45, 2.75) is 25.3 Å². The molecule has 0 aromatic carbocycles. The van der Waals surface area contributed by atoms with Crippen molar-refractivity contribution < 1.29 is 19.8 Å². The minimum absolute atomic E-state index is 0.425. The largest absolute Gasteiger partial charge is 0.480 e. The summed E-state index contributed by atoms with van der Waals surface area (Å²) < 4.78 is 0. The Bertz CT molecular complexity index is 433. The molecular formula is C11H13NO4S. The molecule has 92 valence electrons. The first-order chi connectivity index (χ1) is 8.11. The molecule has 2 rings (SSSR count). The van der Waals surface area contributed by atoms with Crippen molar-refractivity contribution in [3.05, 3.63) is 21.4 Å². The lowest BCUT2D eigenvalue weighted by Gasteiger charge is -2.10. The lowest BCUT2D eigenvalue weighted by atomic mass is 10.2. The number of nitrogens with one attached hydrogen (secondary N) is 1. The van der Waals surface area contributed by atoms with Crippen molar-refractivity contribution in [3.63, 3.8) is 0 Å². The maximum absolute atomic E-state index is 11.7. The van der Waals surface area contributed by atoms with Crippen molar-refractivity contribution >= 4 is 23.2 Å². The Morgan fingerprint density at radius 3 is 2.82 bits per heavy atom. The standard InChI is InChI=1S/C11H13NO4S/c13-5-7(11(15)16)12-10(14)9-4-6-2-1-3-8(6)17-9/h4,7,13H,1-3,5H2,(H,12,14)(H,15,16)/t7-/m1/s1. The molecule has 17 heavy (non-hydrogen) atoms. The zero-order valence-corrected chi connectivity index (χ0v) is 9.92. The first kappa shape index (κ1) is 12.1. The van der Waals surface area contributed by atoms with Gasteiger partial charge in [-0.15, -0.1) is 11.3 Å². The van der Waals surface area contributed by atoms with Crippen LogP contribution in [-0.2, 0) is 17.6 Å². The van der Waals surface area contributed by atoms with E-state index in [4.69, 9.17) is 10.2 Å². The van der Waals surface area contributed by atoms with Crippen molar-refractivity contribution in [3.8, 4) is 0 Å². The van der Waals surface area contributed by atoms with E-state index < -0.39 is 24.5 Å². The first-order valence-electron chi connectivity index (χ1n) is 5.38. The molecule has 6 heteroatoms. The fraction of sp³-hybridized carbons (Fsp3) is 0.455. The molecule has 0 fully saturated rings. The van der Waals surface area contributed by atoms with Gasteiger partial charge in [-0.05, 0) is 30.9 Å². The fourth-order valence-corrected chi connectivity index (χ4v) is 3.01. The minimum atomic E-state index is -1.24. The summed E-state index contributed by atoms with van der Waals surface area (Å²) in [4.78, 5) is 24.2. The lowest BCUT2D eigenvalue weighted by molar-refractivity contribution is -0.140. The van der Waals surface area contributed by atoms with E-state index in [0.29, 0.717) is 4.88 Å². The Kier molecular flexibility index (Phi) is 3.44. The molecule has 1 heterocycles.